The Hall–Kier alpha value is -2.47. The zero-order valence-electron chi connectivity index (χ0n) is 20.6. The number of thiocarbonyl (C=S) groups is 1. The van der Waals surface area contributed by atoms with Gasteiger partial charge in [0.1, 0.15) is 15.9 Å². The Balaban J connectivity index is 1.41. The van der Waals surface area contributed by atoms with Crippen molar-refractivity contribution in [1.82, 2.24) is 9.80 Å². The Bertz CT molecular complexity index is 1360. The maximum Gasteiger partial charge on any atom is 0.266 e. The first-order valence-electron chi connectivity index (χ1n) is 11.9. The largest absolute Gasteiger partial charge is 0.497 e. The van der Waals surface area contributed by atoms with Crippen molar-refractivity contribution in [1.29, 1.82) is 0 Å². The summed E-state index contributed by atoms with van der Waals surface area (Å²) in [4.78, 5) is 29.6. The molecule has 2 saturated heterocycles. The minimum Gasteiger partial charge on any atom is -0.497 e. The molecule has 2 aliphatic heterocycles. The van der Waals surface area contributed by atoms with Crippen LogP contribution in [0.5, 0.6) is 5.75 Å². The van der Waals surface area contributed by atoms with E-state index in [1.54, 1.807) is 25.3 Å². The fourth-order valence-corrected chi connectivity index (χ4v) is 7.63. The van der Waals surface area contributed by atoms with Gasteiger partial charge in [-0.05, 0) is 48.7 Å². The van der Waals surface area contributed by atoms with Crippen LogP contribution in [-0.4, -0.2) is 65.6 Å². The Labute approximate surface area is 235 Å². The molecule has 2 aliphatic rings. The molecule has 2 heterocycles. The predicted molar refractivity (Wildman–Crippen MR) is 151 cm³/mol. The van der Waals surface area contributed by atoms with Gasteiger partial charge in [0.05, 0.1) is 30.1 Å². The summed E-state index contributed by atoms with van der Waals surface area (Å²) in [6.07, 6.45) is 2.38. The summed E-state index contributed by atoms with van der Waals surface area (Å²) in [7, 11) is -1.70. The molecule has 1 unspecified atom stereocenters. The number of halogens is 2. The van der Waals surface area contributed by atoms with Crippen LogP contribution in [0.15, 0.2) is 47.4 Å². The van der Waals surface area contributed by atoms with E-state index in [-0.39, 0.29) is 59.8 Å². The highest BCUT2D eigenvalue weighted by atomic mass is 35.5. The molecule has 0 N–H and O–H groups in total. The SMILES string of the molecule is COc1ccc(/C=C2\SC(=S)N(CCCC(=O)N(Cc3c(F)cccc3Cl)C3CCS(=O)(=O)C3)C2=O)cc1. The smallest absolute Gasteiger partial charge is 0.266 e. The van der Waals surface area contributed by atoms with Crippen molar-refractivity contribution >= 4 is 67.6 Å². The van der Waals surface area contributed by atoms with E-state index in [1.807, 2.05) is 12.1 Å². The molecule has 38 heavy (non-hydrogen) atoms. The van der Waals surface area contributed by atoms with Crippen LogP contribution in [0.1, 0.15) is 30.4 Å². The van der Waals surface area contributed by atoms with Gasteiger partial charge >= 0.3 is 0 Å². The van der Waals surface area contributed by atoms with E-state index in [0.717, 1.165) is 5.56 Å². The van der Waals surface area contributed by atoms with Gasteiger partial charge in [0, 0.05) is 29.6 Å². The van der Waals surface area contributed by atoms with E-state index in [1.165, 1.54) is 39.8 Å². The summed E-state index contributed by atoms with van der Waals surface area (Å²) in [5.74, 6) is -0.608. The maximum absolute atomic E-state index is 14.5. The van der Waals surface area contributed by atoms with Gasteiger partial charge in [-0.15, -0.1) is 0 Å². The molecule has 2 aromatic carbocycles. The van der Waals surface area contributed by atoms with Crippen molar-refractivity contribution < 1.29 is 27.1 Å². The van der Waals surface area contributed by atoms with E-state index in [2.05, 4.69) is 0 Å². The Morgan fingerprint density at radius 3 is 2.66 bits per heavy atom. The van der Waals surface area contributed by atoms with Gasteiger partial charge in [0.15, 0.2) is 9.84 Å². The molecule has 2 amide bonds. The number of methoxy groups -OCH3 is 1. The highest BCUT2D eigenvalue weighted by Gasteiger charge is 2.36. The minimum absolute atomic E-state index is 0.0243. The quantitative estimate of drug-likeness (QED) is 0.307. The molecule has 0 radical (unpaired) electrons. The number of amides is 2. The maximum atomic E-state index is 14.5. The standard InChI is InChI=1S/C26H26ClFN2O5S3/c1-35-19-9-7-17(8-10-19)14-23-25(32)29(26(36)37-23)12-3-6-24(31)30(18-11-13-38(33,34)16-18)15-20-21(27)4-2-5-22(20)28/h2,4-5,7-10,14,18H,3,6,11-13,15-16H2,1H3/b23-14-. The van der Waals surface area contributed by atoms with Crippen LogP contribution in [0.25, 0.3) is 6.08 Å². The van der Waals surface area contributed by atoms with Gasteiger partial charge in [-0.2, -0.15) is 0 Å². The molecular weight excluding hydrogens is 571 g/mol. The van der Waals surface area contributed by atoms with Crippen molar-refractivity contribution in [3.8, 4) is 5.75 Å². The molecule has 1 atom stereocenters. The number of benzene rings is 2. The van der Waals surface area contributed by atoms with Crippen LogP contribution in [0, 0.1) is 5.82 Å². The van der Waals surface area contributed by atoms with Crippen molar-refractivity contribution in [3.63, 3.8) is 0 Å². The average molecular weight is 597 g/mol. The molecule has 4 rings (SSSR count). The number of ether oxygens (including phenoxy) is 1. The van der Waals surface area contributed by atoms with E-state index >= 15 is 0 Å². The topological polar surface area (TPSA) is 84.0 Å². The van der Waals surface area contributed by atoms with Gasteiger partial charge in [-0.3, -0.25) is 14.5 Å². The molecule has 0 spiro atoms. The van der Waals surface area contributed by atoms with Crippen molar-refractivity contribution in [2.24, 2.45) is 0 Å². The molecule has 2 aromatic rings. The molecule has 2 fully saturated rings. The number of carbonyl (C=O) groups is 2. The van der Waals surface area contributed by atoms with Gasteiger partial charge in [0.25, 0.3) is 5.91 Å². The zero-order chi connectivity index (χ0) is 27.4. The summed E-state index contributed by atoms with van der Waals surface area (Å²) >= 11 is 12.8. The molecule has 0 aliphatic carbocycles. The summed E-state index contributed by atoms with van der Waals surface area (Å²) in [6.45, 7) is 0.101. The number of sulfone groups is 1. The first-order chi connectivity index (χ1) is 18.1. The lowest BCUT2D eigenvalue weighted by Gasteiger charge is -2.29. The molecular formula is C26H26ClFN2O5S3. The summed E-state index contributed by atoms with van der Waals surface area (Å²) in [5, 5.41) is 0.171. The Kier molecular flexibility index (Phi) is 9.12. The second kappa shape index (κ2) is 12.1. The number of hydrogen-bond donors (Lipinski definition) is 0. The van der Waals surface area contributed by atoms with E-state index in [9.17, 15) is 22.4 Å². The van der Waals surface area contributed by atoms with Crippen LogP contribution >= 0.6 is 35.6 Å². The monoisotopic (exact) mass is 596 g/mol. The van der Waals surface area contributed by atoms with Crippen molar-refractivity contribution in [3.05, 3.63) is 69.3 Å². The molecule has 202 valence electrons. The fourth-order valence-electron chi connectivity index (χ4n) is 4.37. The lowest BCUT2D eigenvalue weighted by Crippen LogP contribution is -2.41. The van der Waals surface area contributed by atoms with Gasteiger partial charge < -0.3 is 9.64 Å². The first-order valence-corrected chi connectivity index (χ1v) is 15.3. The van der Waals surface area contributed by atoms with Gasteiger partial charge in [-0.1, -0.05) is 53.8 Å². The second-order valence-electron chi connectivity index (χ2n) is 8.99. The van der Waals surface area contributed by atoms with E-state index in [4.69, 9.17) is 28.6 Å². The molecule has 0 bridgehead atoms. The first kappa shape index (κ1) is 28.5. The second-order valence-corrected chi connectivity index (χ2v) is 13.3. The number of hydrogen-bond acceptors (Lipinski definition) is 7. The normalized spacial score (nSPS) is 19.8. The van der Waals surface area contributed by atoms with Crippen molar-refractivity contribution in [2.75, 3.05) is 25.2 Å². The fraction of sp³-hybridized carbons (Fsp3) is 0.346. The number of nitrogens with zero attached hydrogens (tertiary/aromatic N) is 2. The third-order valence-electron chi connectivity index (χ3n) is 6.42. The molecule has 0 saturated carbocycles. The molecule has 7 nitrogen and oxygen atoms in total. The van der Waals surface area contributed by atoms with Crippen LogP contribution in [0.4, 0.5) is 4.39 Å². The minimum atomic E-state index is -3.28. The van der Waals surface area contributed by atoms with Crippen LogP contribution in [-0.2, 0) is 26.0 Å². The molecule has 12 heteroatoms. The predicted octanol–water partition coefficient (Wildman–Crippen LogP) is 4.69. The Morgan fingerprint density at radius 2 is 2.03 bits per heavy atom. The molecule has 0 aromatic heterocycles. The Morgan fingerprint density at radius 1 is 1.29 bits per heavy atom. The number of thioether (sulfide) groups is 1. The van der Waals surface area contributed by atoms with Gasteiger partial charge in [0.2, 0.25) is 5.91 Å². The summed E-state index contributed by atoms with van der Waals surface area (Å²) in [5.41, 5.74) is 0.975. The van der Waals surface area contributed by atoms with Crippen molar-refractivity contribution in [2.45, 2.75) is 31.8 Å². The van der Waals surface area contributed by atoms with E-state index < -0.39 is 21.7 Å². The van der Waals surface area contributed by atoms with Crippen LogP contribution in [0.2, 0.25) is 5.02 Å². The zero-order valence-corrected chi connectivity index (χ0v) is 23.8. The lowest BCUT2D eigenvalue weighted by atomic mass is 10.1. The third kappa shape index (κ3) is 6.74. The summed E-state index contributed by atoms with van der Waals surface area (Å²) < 4.78 is 44.2. The third-order valence-corrected chi connectivity index (χ3v) is 9.90. The summed E-state index contributed by atoms with van der Waals surface area (Å²) in [6, 6.07) is 11.0. The lowest BCUT2D eigenvalue weighted by molar-refractivity contribution is -0.134. The van der Waals surface area contributed by atoms with Crippen LogP contribution < -0.4 is 4.74 Å². The highest BCUT2D eigenvalue weighted by molar-refractivity contribution is 8.26. The van der Waals surface area contributed by atoms with E-state index in [0.29, 0.717) is 21.4 Å². The number of rotatable bonds is 9. The van der Waals surface area contributed by atoms with Gasteiger partial charge in [-0.25, -0.2) is 12.8 Å². The highest BCUT2D eigenvalue weighted by Crippen LogP contribution is 2.33. The average Bonchev–Trinajstić information content (AvgIpc) is 3.37. The number of carbonyl (C=O) groups excluding carboxylic acids is 2. The van der Waals surface area contributed by atoms with Crippen LogP contribution in [0.3, 0.4) is 0 Å².